The molecular formula is C11H14O5. The highest BCUT2D eigenvalue weighted by atomic mass is 16.6. The first-order valence-electron chi connectivity index (χ1n) is 4.87. The van der Waals surface area contributed by atoms with Crippen LogP contribution in [0.4, 0.5) is 0 Å². The number of rotatable bonds is 4. The molecule has 0 saturated carbocycles. The van der Waals surface area contributed by atoms with Crippen molar-refractivity contribution in [3.63, 3.8) is 0 Å². The predicted molar refractivity (Wildman–Crippen MR) is 55.0 cm³/mol. The molecule has 5 heteroatoms. The van der Waals surface area contributed by atoms with Crippen LogP contribution in [0.15, 0.2) is 16.5 Å². The van der Waals surface area contributed by atoms with E-state index in [4.69, 9.17) is 9.15 Å². The molecular weight excluding hydrogens is 212 g/mol. The van der Waals surface area contributed by atoms with Crippen LogP contribution >= 0.6 is 0 Å². The average molecular weight is 226 g/mol. The Hall–Kier alpha value is -1.78. The van der Waals surface area contributed by atoms with Crippen molar-refractivity contribution in [2.45, 2.75) is 26.4 Å². The third kappa shape index (κ3) is 3.42. The number of carbonyl (C=O) groups excluding carboxylic acids is 2. The van der Waals surface area contributed by atoms with Gasteiger partial charge in [0.1, 0.15) is 11.9 Å². The van der Waals surface area contributed by atoms with Gasteiger partial charge in [-0.25, -0.2) is 4.79 Å². The standard InChI is InChI=1S/C11H14O5/c1-7-4-5-9(15-7)11(13)16-8(2)6-10(12)14-3/h4-5,8H,6H2,1-3H3/t8-/m1/s1. The van der Waals surface area contributed by atoms with E-state index in [-0.39, 0.29) is 12.2 Å². The SMILES string of the molecule is COC(=O)C[C@@H](C)OC(=O)c1ccc(C)o1. The first kappa shape index (κ1) is 12.3. The molecule has 0 bridgehead atoms. The van der Waals surface area contributed by atoms with Crippen molar-refractivity contribution < 1.29 is 23.5 Å². The highest BCUT2D eigenvalue weighted by Gasteiger charge is 2.17. The second-order valence-electron chi connectivity index (χ2n) is 3.41. The molecule has 88 valence electrons. The van der Waals surface area contributed by atoms with Crippen LogP contribution in [0.5, 0.6) is 0 Å². The van der Waals surface area contributed by atoms with Crippen molar-refractivity contribution in [3.8, 4) is 0 Å². The molecule has 0 radical (unpaired) electrons. The summed E-state index contributed by atoms with van der Waals surface area (Å²) in [6, 6.07) is 3.20. The van der Waals surface area contributed by atoms with Gasteiger partial charge >= 0.3 is 11.9 Å². The molecule has 1 aromatic rings. The summed E-state index contributed by atoms with van der Waals surface area (Å²) in [4.78, 5) is 22.4. The Balaban J connectivity index is 2.48. The van der Waals surface area contributed by atoms with Gasteiger partial charge in [0, 0.05) is 0 Å². The fraction of sp³-hybridized carbons (Fsp3) is 0.455. The van der Waals surface area contributed by atoms with Gasteiger partial charge in [-0.15, -0.1) is 0 Å². The Labute approximate surface area is 93.3 Å². The Morgan fingerprint density at radius 3 is 2.62 bits per heavy atom. The maximum Gasteiger partial charge on any atom is 0.374 e. The number of hydrogen-bond acceptors (Lipinski definition) is 5. The lowest BCUT2D eigenvalue weighted by molar-refractivity contribution is -0.142. The van der Waals surface area contributed by atoms with Crippen LogP contribution in [0.3, 0.4) is 0 Å². The second kappa shape index (κ2) is 5.34. The quantitative estimate of drug-likeness (QED) is 0.731. The van der Waals surface area contributed by atoms with Crippen molar-refractivity contribution in [2.75, 3.05) is 7.11 Å². The normalized spacial score (nSPS) is 11.9. The molecule has 0 amide bonds. The minimum Gasteiger partial charge on any atom is -0.469 e. The number of ether oxygens (including phenoxy) is 2. The molecule has 1 aromatic heterocycles. The Kier molecular flexibility index (Phi) is 4.10. The summed E-state index contributed by atoms with van der Waals surface area (Å²) < 4.78 is 14.5. The van der Waals surface area contributed by atoms with Gasteiger partial charge in [0.2, 0.25) is 5.76 Å². The Morgan fingerprint density at radius 1 is 1.44 bits per heavy atom. The first-order chi connectivity index (χ1) is 7.52. The van der Waals surface area contributed by atoms with Crippen molar-refractivity contribution in [1.29, 1.82) is 0 Å². The van der Waals surface area contributed by atoms with Gasteiger partial charge in [-0.2, -0.15) is 0 Å². The zero-order valence-electron chi connectivity index (χ0n) is 9.48. The molecule has 0 saturated heterocycles. The summed E-state index contributed by atoms with van der Waals surface area (Å²) in [5.74, 6) is -0.234. The molecule has 5 nitrogen and oxygen atoms in total. The topological polar surface area (TPSA) is 65.7 Å². The Morgan fingerprint density at radius 2 is 2.12 bits per heavy atom. The van der Waals surface area contributed by atoms with E-state index >= 15 is 0 Å². The predicted octanol–water partition coefficient (Wildman–Crippen LogP) is 1.70. The fourth-order valence-corrected chi connectivity index (χ4v) is 1.14. The van der Waals surface area contributed by atoms with Crippen LogP contribution < -0.4 is 0 Å². The summed E-state index contributed by atoms with van der Waals surface area (Å²) in [6.45, 7) is 3.35. The molecule has 0 fully saturated rings. The largest absolute Gasteiger partial charge is 0.469 e. The van der Waals surface area contributed by atoms with Gasteiger partial charge in [0.05, 0.1) is 13.5 Å². The zero-order chi connectivity index (χ0) is 12.1. The fourth-order valence-electron chi connectivity index (χ4n) is 1.14. The molecule has 0 spiro atoms. The minimum absolute atomic E-state index is 0.0297. The van der Waals surface area contributed by atoms with Crippen LogP contribution in [0.25, 0.3) is 0 Å². The molecule has 1 rings (SSSR count). The smallest absolute Gasteiger partial charge is 0.374 e. The van der Waals surface area contributed by atoms with Gasteiger partial charge in [0.15, 0.2) is 0 Å². The second-order valence-corrected chi connectivity index (χ2v) is 3.41. The summed E-state index contributed by atoms with van der Waals surface area (Å²) in [7, 11) is 1.28. The first-order valence-corrected chi connectivity index (χ1v) is 4.87. The van der Waals surface area contributed by atoms with E-state index in [1.807, 2.05) is 0 Å². The van der Waals surface area contributed by atoms with Crippen LogP contribution in [-0.2, 0) is 14.3 Å². The monoisotopic (exact) mass is 226 g/mol. The van der Waals surface area contributed by atoms with Gasteiger partial charge in [-0.3, -0.25) is 4.79 Å². The van der Waals surface area contributed by atoms with Gasteiger partial charge in [0.25, 0.3) is 0 Å². The lowest BCUT2D eigenvalue weighted by Gasteiger charge is -2.10. The third-order valence-electron chi connectivity index (χ3n) is 1.93. The van der Waals surface area contributed by atoms with Crippen molar-refractivity contribution in [1.82, 2.24) is 0 Å². The maximum absolute atomic E-state index is 11.5. The Bertz CT molecular complexity index is 379. The van der Waals surface area contributed by atoms with Crippen LogP contribution in [0.1, 0.15) is 29.7 Å². The van der Waals surface area contributed by atoms with E-state index < -0.39 is 18.0 Å². The number of carbonyl (C=O) groups is 2. The number of methoxy groups -OCH3 is 1. The highest BCUT2D eigenvalue weighted by molar-refractivity contribution is 5.86. The zero-order valence-corrected chi connectivity index (χ0v) is 9.48. The van der Waals surface area contributed by atoms with Gasteiger partial charge in [-0.05, 0) is 26.0 Å². The molecule has 1 heterocycles. The van der Waals surface area contributed by atoms with Crippen LogP contribution in [0, 0.1) is 6.92 Å². The molecule has 0 aliphatic carbocycles. The van der Waals surface area contributed by atoms with Crippen molar-refractivity contribution in [2.24, 2.45) is 0 Å². The molecule has 0 unspecified atom stereocenters. The number of esters is 2. The van der Waals surface area contributed by atoms with E-state index in [0.717, 1.165) is 0 Å². The number of hydrogen-bond donors (Lipinski definition) is 0. The highest BCUT2D eigenvalue weighted by Crippen LogP contribution is 2.10. The van der Waals surface area contributed by atoms with Gasteiger partial charge < -0.3 is 13.9 Å². The van der Waals surface area contributed by atoms with Crippen LogP contribution in [-0.4, -0.2) is 25.2 Å². The van der Waals surface area contributed by atoms with Crippen molar-refractivity contribution >= 4 is 11.9 Å². The van der Waals surface area contributed by atoms with E-state index in [2.05, 4.69) is 4.74 Å². The molecule has 0 aromatic carbocycles. The van der Waals surface area contributed by atoms with Gasteiger partial charge in [-0.1, -0.05) is 0 Å². The average Bonchev–Trinajstić information content (AvgIpc) is 2.64. The summed E-state index contributed by atoms with van der Waals surface area (Å²) >= 11 is 0. The third-order valence-corrected chi connectivity index (χ3v) is 1.93. The lowest BCUT2D eigenvalue weighted by atomic mass is 10.3. The number of furan rings is 1. The summed E-state index contributed by atoms with van der Waals surface area (Å²) in [5, 5.41) is 0. The maximum atomic E-state index is 11.5. The van der Waals surface area contributed by atoms with E-state index in [9.17, 15) is 9.59 Å². The minimum atomic E-state index is -0.579. The molecule has 0 aliphatic heterocycles. The molecule has 16 heavy (non-hydrogen) atoms. The summed E-state index contributed by atoms with van der Waals surface area (Å²) in [6.07, 6.45) is -0.507. The lowest BCUT2D eigenvalue weighted by Crippen LogP contribution is -2.19. The van der Waals surface area contributed by atoms with Crippen molar-refractivity contribution in [3.05, 3.63) is 23.7 Å². The van der Waals surface area contributed by atoms with E-state index in [0.29, 0.717) is 5.76 Å². The molecule has 1 atom stereocenters. The van der Waals surface area contributed by atoms with E-state index in [1.165, 1.54) is 13.2 Å². The number of aryl methyl sites for hydroxylation is 1. The molecule has 0 N–H and O–H groups in total. The van der Waals surface area contributed by atoms with E-state index in [1.54, 1.807) is 19.9 Å². The molecule has 0 aliphatic rings. The summed E-state index contributed by atoms with van der Waals surface area (Å²) in [5.41, 5.74) is 0. The van der Waals surface area contributed by atoms with Crippen LogP contribution in [0.2, 0.25) is 0 Å².